The molecule has 1 aromatic rings. The summed E-state index contributed by atoms with van der Waals surface area (Å²) in [5.74, 6) is 2.91. The summed E-state index contributed by atoms with van der Waals surface area (Å²) in [6, 6.07) is 8.36. The van der Waals surface area contributed by atoms with Crippen LogP contribution in [0.3, 0.4) is 0 Å². The van der Waals surface area contributed by atoms with Gasteiger partial charge in [-0.05, 0) is 101 Å². The molecule has 1 heterocycles. The first-order chi connectivity index (χ1) is 12.3. The average Bonchev–Trinajstić information content (AvgIpc) is 3.14. The van der Waals surface area contributed by atoms with Crippen LogP contribution in [-0.2, 0) is 9.31 Å². The molecule has 2 atom stereocenters. The van der Waals surface area contributed by atoms with Crippen molar-refractivity contribution in [1.29, 1.82) is 0 Å². The topological polar surface area (TPSA) is 27.7 Å². The van der Waals surface area contributed by atoms with E-state index < -0.39 is 0 Å². The largest absolute Gasteiger partial charge is 0.494 e. The molecule has 4 saturated carbocycles. The molecular weight excluding hydrogens is 323 g/mol. The van der Waals surface area contributed by atoms with Crippen LogP contribution in [0, 0.1) is 17.3 Å². The predicted molar refractivity (Wildman–Crippen MR) is 104 cm³/mol. The van der Waals surface area contributed by atoms with Gasteiger partial charge < -0.3 is 14.0 Å². The fourth-order valence-electron chi connectivity index (χ4n) is 5.40. The fraction of sp³-hybridized carbons (Fsp3) is 0.727. The molecule has 26 heavy (non-hydrogen) atoms. The van der Waals surface area contributed by atoms with Gasteiger partial charge in [0, 0.05) is 0 Å². The maximum atomic E-state index is 6.37. The van der Waals surface area contributed by atoms with Crippen molar-refractivity contribution < 1.29 is 14.0 Å². The Kier molecular flexibility index (Phi) is 3.63. The molecule has 1 unspecified atom stereocenters. The lowest BCUT2D eigenvalue weighted by atomic mass is 9.66. The minimum absolute atomic E-state index is 0.297. The Bertz CT molecular complexity index is 674. The maximum absolute atomic E-state index is 6.37. The van der Waals surface area contributed by atoms with E-state index in [9.17, 15) is 0 Å². The van der Waals surface area contributed by atoms with Gasteiger partial charge in [0.05, 0.1) is 17.3 Å². The molecule has 0 aromatic heterocycles. The minimum Gasteiger partial charge on any atom is -0.490 e. The number of benzene rings is 1. The number of fused-ring (bicyclic) bond motifs is 3. The normalized spacial score (nSPS) is 39.4. The van der Waals surface area contributed by atoms with Crippen LogP contribution >= 0.6 is 0 Å². The Hall–Kier alpha value is -0.995. The van der Waals surface area contributed by atoms with Gasteiger partial charge in [-0.1, -0.05) is 12.1 Å². The van der Waals surface area contributed by atoms with Crippen LogP contribution in [0.2, 0.25) is 0 Å². The predicted octanol–water partition coefficient (Wildman–Crippen LogP) is 4.33. The van der Waals surface area contributed by atoms with E-state index in [0.29, 0.717) is 6.10 Å². The van der Waals surface area contributed by atoms with Gasteiger partial charge in [-0.15, -0.1) is 0 Å². The quantitative estimate of drug-likeness (QED) is 0.756. The molecule has 4 heteroatoms. The third-order valence-electron chi connectivity index (χ3n) is 7.90. The van der Waals surface area contributed by atoms with E-state index in [1.165, 1.54) is 38.5 Å². The van der Waals surface area contributed by atoms with Crippen LogP contribution in [0.5, 0.6) is 5.75 Å². The molecule has 4 aliphatic carbocycles. The van der Waals surface area contributed by atoms with Crippen LogP contribution < -0.4 is 10.2 Å². The smallest absolute Gasteiger partial charge is 0.490 e. The summed E-state index contributed by atoms with van der Waals surface area (Å²) in [6.07, 6.45) is 8.70. The Morgan fingerprint density at radius 1 is 0.923 bits per heavy atom. The molecule has 0 amide bonds. The van der Waals surface area contributed by atoms with Crippen LogP contribution in [0.1, 0.15) is 66.2 Å². The van der Waals surface area contributed by atoms with Crippen molar-refractivity contribution in [3.05, 3.63) is 24.3 Å². The van der Waals surface area contributed by atoms with Crippen LogP contribution in [0.4, 0.5) is 0 Å². The highest BCUT2D eigenvalue weighted by molar-refractivity contribution is 6.62. The Labute approximate surface area is 157 Å². The van der Waals surface area contributed by atoms with E-state index in [0.717, 1.165) is 28.5 Å². The second-order valence-corrected chi connectivity index (χ2v) is 10.2. The molecule has 6 rings (SSSR count). The van der Waals surface area contributed by atoms with Crippen molar-refractivity contribution >= 4 is 12.6 Å². The lowest BCUT2D eigenvalue weighted by Gasteiger charge is -2.40. The summed E-state index contributed by atoms with van der Waals surface area (Å²) in [7, 11) is -0.297. The monoisotopic (exact) mass is 354 g/mol. The van der Waals surface area contributed by atoms with E-state index >= 15 is 0 Å². The standard InChI is InChI=1S/C22H31BO3/c1-20(2)21(3,4)26-23(25-20)17-6-9-18(10-7-17)24-19-8-5-15-12-22(13-15)14-16(22)11-19/h6-7,9-10,15-16,19H,5,8,11-14H2,1-4H3/t15?,16?,19-,22?/m0/s1. The van der Waals surface area contributed by atoms with Gasteiger partial charge in [0.15, 0.2) is 0 Å². The van der Waals surface area contributed by atoms with E-state index in [1.807, 2.05) is 0 Å². The van der Waals surface area contributed by atoms with E-state index in [1.54, 1.807) is 0 Å². The summed E-state index contributed by atoms with van der Waals surface area (Å²) >= 11 is 0. The van der Waals surface area contributed by atoms with Gasteiger partial charge in [0.1, 0.15) is 5.75 Å². The second-order valence-electron chi connectivity index (χ2n) is 10.2. The van der Waals surface area contributed by atoms with Crippen LogP contribution in [-0.4, -0.2) is 24.4 Å². The first-order valence-corrected chi connectivity index (χ1v) is 10.4. The molecule has 5 fully saturated rings. The fourth-order valence-corrected chi connectivity index (χ4v) is 5.40. The molecule has 1 saturated heterocycles. The summed E-state index contributed by atoms with van der Waals surface area (Å²) in [6.45, 7) is 8.37. The Morgan fingerprint density at radius 3 is 2.23 bits per heavy atom. The third kappa shape index (κ3) is 2.72. The SMILES string of the molecule is CC1(C)OB(c2ccc(O[C@H]3CCC4CC5(C4)CC5C3)cc2)OC1(C)C. The lowest BCUT2D eigenvalue weighted by Crippen LogP contribution is -2.41. The van der Waals surface area contributed by atoms with Crippen molar-refractivity contribution in [2.75, 3.05) is 0 Å². The number of ether oxygens (including phenoxy) is 1. The zero-order valence-electron chi connectivity index (χ0n) is 16.6. The second kappa shape index (κ2) is 5.51. The van der Waals surface area contributed by atoms with Crippen molar-refractivity contribution in [3.63, 3.8) is 0 Å². The van der Waals surface area contributed by atoms with E-state index in [-0.39, 0.29) is 18.3 Å². The van der Waals surface area contributed by atoms with E-state index in [4.69, 9.17) is 14.0 Å². The van der Waals surface area contributed by atoms with Gasteiger partial charge in [0.2, 0.25) is 0 Å². The Balaban J connectivity index is 1.23. The Morgan fingerprint density at radius 2 is 1.58 bits per heavy atom. The third-order valence-corrected chi connectivity index (χ3v) is 7.90. The van der Waals surface area contributed by atoms with Crippen LogP contribution in [0.15, 0.2) is 24.3 Å². The van der Waals surface area contributed by atoms with Gasteiger partial charge in [-0.25, -0.2) is 0 Å². The first-order valence-electron chi connectivity index (χ1n) is 10.4. The number of rotatable bonds is 3. The average molecular weight is 354 g/mol. The summed E-state index contributed by atoms with van der Waals surface area (Å²) < 4.78 is 18.7. The zero-order chi connectivity index (χ0) is 18.2. The zero-order valence-corrected chi connectivity index (χ0v) is 16.6. The van der Waals surface area contributed by atoms with Gasteiger partial charge in [-0.3, -0.25) is 0 Å². The molecule has 0 radical (unpaired) electrons. The molecule has 5 aliphatic rings. The molecule has 1 aliphatic heterocycles. The maximum Gasteiger partial charge on any atom is 0.494 e. The van der Waals surface area contributed by atoms with Crippen LogP contribution in [0.25, 0.3) is 0 Å². The molecule has 0 N–H and O–H groups in total. The summed E-state index contributed by atoms with van der Waals surface area (Å²) in [4.78, 5) is 0. The van der Waals surface area contributed by atoms with Crippen molar-refractivity contribution in [2.45, 2.75) is 83.5 Å². The first kappa shape index (κ1) is 17.1. The highest BCUT2D eigenvalue weighted by Crippen LogP contribution is 2.71. The molecule has 140 valence electrons. The number of hydrogen-bond acceptors (Lipinski definition) is 3. The molecule has 1 spiro atoms. The molecule has 1 aromatic carbocycles. The van der Waals surface area contributed by atoms with E-state index in [2.05, 4.69) is 52.0 Å². The molecular formula is C22H31BO3. The molecule has 3 nitrogen and oxygen atoms in total. The summed E-state index contributed by atoms with van der Waals surface area (Å²) in [5, 5.41) is 0. The van der Waals surface area contributed by atoms with Gasteiger partial charge in [0.25, 0.3) is 0 Å². The van der Waals surface area contributed by atoms with Crippen molar-refractivity contribution in [2.24, 2.45) is 17.3 Å². The summed E-state index contributed by atoms with van der Waals surface area (Å²) in [5.41, 5.74) is 1.23. The molecule has 2 bridgehead atoms. The highest BCUT2D eigenvalue weighted by atomic mass is 16.7. The van der Waals surface area contributed by atoms with Crippen molar-refractivity contribution in [1.82, 2.24) is 0 Å². The van der Waals surface area contributed by atoms with Gasteiger partial charge >= 0.3 is 7.12 Å². The highest BCUT2D eigenvalue weighted by Gasteiger charge is 2.62. The minimum atomic E-state index is -0.299. The number of hydrogen-bond donors (Lipinski definition) is 0. The van der Waals surface area contributed by atoms with Gasteiger partial charge in [-0.2, -0.15) is 0 Å². The van der Waals surface area contributed by atoms with Crippen molar-refractivity contribution in [3.8, 4) is 5.75 Å². The lowest BCUT2D eigenvalue weighted by molar-refractivity contribution is 0.00578.